The summed E-state index contributed by atoms with van der Waals surface area (Å²) in [7, 11) is 0. The van der Waals surface area contributed by atoms with Crippen LogP contribution in [0.5, 0.6) is 0 Å². The van der Waals surface area contributed by atoms with Crippen LogP contribution in [0.3, 0.4) is 0 Å². The number of fused-ring (bicyclic) bond motifs is 1. The summed E-state index contributed by atoms with van der Waals surface area (Å²) < 4.78 is 2.23. The zero-order valence-electron chi connectivity index (χ0n) is 13.0. The van der Waals surface area contributed by atoms with Crippen LogP contribution in [0.1, 0.15) is 33.3 Å². The van der Waals surface area contributed by atoms with Gasteiger partial charge in [-0.3, -0.25) is 0 Å². The Morgan fingerprint density at radius 2 is 2.00 bits per heavy atom. The van der Waals surface area contributed by atoms with Crippen LogP contribution in [-0.2, 0) is 13.1 Å². The fourth-order valence-corrected chi connectivity index (χ4v) is 2.35. The number of aliphatic hydroxyl groups excluding tert-OH is 1. The maximum atomic E-state index is 9.21. The Kier molecular flexibility index (Phi) is 4.51. The van der Waals surface area contributed by atoms with Gasteiger partial charge in [0.2, 0.25) is 0 Å². The molecule has 1 atom stereocenters. The minimum Gasteiger partial charge on any atom is -0.396 e. The number of nitrogens with zero attached hydrogens (tertiary/aromatic N) is 1. The van der Waals surface area contributed by atoms with E-state index in [-0.39, 0.29) is 18.1 Å². The molecule has 0 radical (unpaired) electrons. The Labute approximate surface area is 121 Å². The molecule has 0 fully saturated rings. The van der Waals surface area contributed by atoms with Crippen molar-refractivity contribution in [2.75, 3.05) is 6.61 Å². The maximum absolute atomic E-state index is 9.21. The van der Waals surface area contributed by atoms with E-state index in [1.165, 1.54) is 16.5 Å². The highest BCUT2D eigenvalue weighted by Gasteiger charge is 2.11. The molecule has 0 bridgehead atoms. The molecule has 0 aliphatic heterocycles. The Bertz CT molecular complexity index is 566. The molecule has 20 heavy (non-hydrogen) atoms. The Morgan fingerprint density at radius 1 is 1.25 bits per heavy atom. The molecule has 1 aromatic carbocycles. The zero-order valence-corrected chi connectivity index (χ0v) is 13.0. The summed E-state index contributed by atoms with van der Waals surface area (Å²) in [6.07, 6.45) is 2.12. The topological polar surface area (TPSA) is 37.2 Å². The molecular formula is C17H26N2O. The smallest absolute Gasteiger partial charge is 0.0483 e. The van der Waals surface area contributed by atoms with Gasteiger partial charge in [0.25, 0.3) is 0 Å². The Hall–Kier alpha value is -1.32. The lowest BCUT2D eigenvalue weighted by Gasteiger charge is -2.21. The van der Waals surface area contributed by atoms with E-state index in [1.54, 1.807) is 0 Å². The molecule has 3 nitrogen and oxygen atoms in total. The Balaban J connectivity index is 2.25. The summed E-state index contributed by atoms with van der Waals surface area (Å²) >= 11 is 0. The highest BCUT2D eigenvalue weighted by Crippen LogP contribution is 2.22. The van der Waals surface area contributed by atoms with Crippen molar-refractivity contribution in [3.63, 3.8) is 0 Å². The molecule has 0 amide bonds. The van der Waals surface area contributed by atoms with E-state index in [1.807, 2.05) is 0 Å². The standard InChI is InChI=1S/C17H26N2O/c1-13(12-20)11-19-9-8-15-14(6-5-7-16(15)19)10-18-17(2,3)4/h5-9,13,18,20H,10-12H2,1-4H3. The van der Waals surface area contributed by atoms with E-state index < -0.39 is 0 Å². The second-order valence-corrected chi connectivity index (χ2v) is 6.71. The summed E-state index contributed by atoms with van der Waals surface area (Å²) in [5.41, 5.74) is 2.70. The van der Waals surface area contributed by atoms with Crippen LogP contribution in [0.4, 0.5) is 0 Å². The highest BCUT2D eigenvalue weighted by atomic mass is 16.3. The predicted molar refractivity (Wildman–Crippen MR) is 84.8 cm³/mol. The first-order chi connectivity index (χ1) is 9.40. The van der Waals surface area contributed by atoms with Gasteiger partial charge in [-0.25, -0.2) is 0 Å². The number of aromatic nitrogens is 1. The number of rotatable bonds is 5. The lowest BCUT2D eigenvalue weighted by Crippen LogP contribution is -2.35. The van der Waals surface area contributed by atoms with E-state index >= 15 is 0 Å². The van der Waals surface area contributed by atoms with Crippen molar-refractivity contribution in [2.45, 2.75) is 46.3 Å². The maximum Gasteiger partial charge on any atom is 0.0483 e. The molecule has 2 N–H and O–H groups in total. The molecule has 0 spiro atoms. The van der Waals surface area contributed by atoms with Crippen LogP contribution in [0.15, 0.2) is 30.5 Å². The summed E-state index contributed by atoms with van der Waals surface area (Å²) in [5, 5.41) is 14.1. The van der Waals surface area contributed by atoms with Gasteiger partial charge in [0, 0.05) is 42.3 Å². The van der Waals surface area contributed by atoms with Gasteiger partial charge in [0.05, 0.1) is 0 Å². The fourth-order valence-electron chi connectivity index (χ4n) is 2.35. The second kappa shape index (κ2) is 5.98. The highest BCUT2D eigenvalue weighted by molar-refractivity contribution is 5.83. The lowest BCUT2D eigenvalue weighted by molar-refractivity contribution is 0.224. The van der Waals surface area contributed by atoms with Gasteiger partial charge >= 0.3 is 0 Å². The monoisotopic (exact) mass is 274 g/mol. The van der Waals surface area contributed by atoms with E-state index in [9.17, 15) is 5.11 Å². The normalized spacial score (nSPS) is 13.8. The van der Waals surface area contributed by atoms with E-state index in [0.717, 1.165) is 13.1 Å². The third-order valence-electron chi connectivity index (χ3n) is 3.53. The molecule has 0 aliphatic carbocycles. The lowest BCUT2D eigenvalue weighted by atomic mass is 10.1. The summed E-state index contributed by atoms with van der Waals surface area (Å²) in [4.78, 5) is 0. The minimum atomic E-state index is 0.121. The molecule has 1 heterocycles. The zero-order chi connectivity index (χ0) is 14.8. The molecule has 1 unspecified atom stereocenters. The molecule has 2 aromatic rings. The number of nitrogens with one attached hydrogen (secondary N) is 1. The van der Waals surface area contributed by atoms with Gasteiger partial charge < -0.3 is 15.0 Å². The molecule has 0 saturated heterocycles. The van der Waals surface area contributed by atoms with Crippen molar-refractivity contribution in [2.24, 2.45) is 5.92 Å². The van der Waals surface area contributed by atoms with Gasteiger partial charge in [-0.1, -0.05) is 19.1 Å². The van der Waals surface area contributed by atoms with Crippen molar-refractivity contribution < 1.29 is 5.11 Å². The van der Waals surface area contributed by atoms with Gasteiger partial charge in [0.1, 0.15) is 0 Å². The average Bonchev–Trinajstić information content (AvgIpc) is 2.79. The number of benzene rings is 1. The molecule has 110 valence electrons. The van der Waals surface area contributed by atoms with Gasteiger partial charge in [-0.05, 0) is 44.4 Å². The van der Waals surface area contributed by atoms with Gasteiger partial charge in [0.15, 0.2) is 0 Å². The predicted octanol–water partition coefficient (Wildman–Crippen LogP) is 3.16. The molecular weight excluding hydrogens is 248 g/mol. The minimum absolute atomic E-state index is 0.121. The van der Waals surface area contributed by atoms with Crippen molar-refractivity contribution >= 4 is 10.9 Å². The van der Waals surface area contributed by atoms with Crippen LogP contribution in [0.2, 0.25) is 0 Å². The number of aliphatic hydroxyl groups is 1. The summed E-state index contributed by atoms with van der Waals surface area (Å²) in [5.74, 6) is 0.280. The first-order valence-electron chi connectivity index (χ1n) is 7.33. The van der Waals surface area contributed by atoms with Crippen LogP contribution in [-0.4, -0.2) is 21.8 Å². The van der Waals surface area contributed by atoms with Crippen molar-refractivity contribution in [1.82, 2.24) is 9.88 Å². The Morgan fingerprint density at radius 3 is 2.65 bits per heavy atom. The largest absolute Gasteiger partial charge is 0.396 e. The second-order valence-electron chi connectivity index (χ2n) is 6.71. The van der Waals surface area contributed by atoms with Crippen molar-refractivity contribution in [3.8, 4) is 0 Å². The first-order valence-corrected chi connectivity index (χ1v) is 7.33. The fraction of sp³-hybridized carbons (Fsp3) is 0.529. The van der Waals surface area contributed by atoms with Crippen LogP contribution < -0.4 is 5.32 Å². The first kappa shape index (κ1) is 15.1. The summed E-state index contributed by atoms with van der Waals surface area (Å²) in [6, 6.07) is 8.63. The van der Waals surface area contributed by atoms with E-state index in [0.29, 0.717) is 0 Å². The van der Waals surface area contributed by atoms with Crippen molar-refractivity contribution in [1.29, 1.82) is 0 Å². The van der Waals surface area contributed by atoms with Crippen molar-refractivity contribution in [3.05, 3.63) is 36.0 Å². The molecule has 0 saturated carbocycles. The van der Waals surface area contributed by atoms with Gasteiger partial charge in [-0.15, -0.1) is 0 Å². The van der Waals surface area contributed by atoms with E-state index in [2.05, 4.69) is 68.0 Å². The van der Waals surface area contributed by atoms with E-state index in [4.69, 9.17) is 0 Å². The average molecular weight is 274 g/mol. The molecule has 1 aromatic heterocycles. The molecule has 0 aliphatic rings. The summed E-state index contributed by atoms with van der Waals surface area (Å²) in [6.45, 7) is 10.6. The molecule has 3 heteroatoms. The quantitative estimate of drug-likeness (QED) is 0.879. The van der Waals surface area contributed by atoms with Gasteiger partial charge in [-0.2, -0.15) is 0 Å². The van der Waals surface area contributed by atoms with Crippen LogP contribution >= 0.6 is 0 Å². The SMILES string of the molecule is CC(CO)Cn1ccc2c(CNC(C)(C)C)cccc21. The number of hydrogen-bond acceptors (Lipinski definition) is 2. The van der Waals surface area contributed by atoms with Crippen LogP contribution in [0, 0.1) is 5.92 Å². The number of hydrogen-bond donors (Lipinski definition) is 2. The van der Waals surface area contributed by atoms with Crippen LogP contribution in [0.25, 0.3) is 10.9 Å². The molecule has 2 rings (SSSR count). The third-order valence-corrected chi connectivity index (χ3v) is 3.53. The third kappa shape index (κ3) is 3.62.